The molecule has 0 amide bonds. The molecule has 0 aliphatic carbocycles. The third kappa shape index (κ3) is 4.59. The van der Waals surface area contributed by atoms with Crippen LogP contribution in [0.1, 0.15) is 18.4 Å². The van der Waals surface area contributed by atoms with Gasteiger partial charge >= 0.3 is 0 Å². The number of benzene rings is 1. The van der Waals surface area contributed by atoms with Crippen molar-refractivity contribution in [3.8, 4) is 0 Å². The summed E-state index contributed by atoms with van der Waals surface area (Å²) < 4.78 is 20.8. The second kappa shape index (κ2) is 8.32. The minimum Gasteiger partial charge on any atom is -0.389 e. The molecule has 3 rings (SSSR count). The topological polar surface area (TPSA) is 63.4 Å². The van der Waals surface area contributed by atoms with Crippen molar-refractivity contribution < 1.29 is 14.2 Å². The molecule has 1 saturated heterocycles. The van der Waals surface area contributed by atoms with E-state index in [0.29, 0.717) is 18.2 Å². The van der Waals surface area contributed by atoms with Crippen LogP contribution in [0.4, 0.5) is 4.39 Å². The predicted molar refractivity (Wildman–Crippen MR) is 86.7 cm³/mol. The number of hydrogen-bond donors (Lipinski definition) is 1. The van der Waals surface area contributed by atoms with E-state index in [1.54, 1.807) is 24.5 Å². The highest BCUT2D eigenvalue weighted by Crippen LogP contribution is 2.19. The number of β-amino-alcohol motifs (C(OH)–C–C–N with tert-alkyl or cyclic N) is 1. The van der Waals surface area contributed by atoms with Crippen molar-refractivity contribution in [2.24, 2.45) is 0 Å². The van der Waals surface area contributed by atoms with Crippen LogP contribution in [0, 0.1) is 5.82 Å². The highest BCUT2D eigenvalue weighted by molar-refractivity contribution is 5.16. The quantitative estimate of drug-likeness (QED) is 0.792. The SMILES string of the molecule is O[C@@H](COCc1ccccc1F)CN1CCC[C@H]1Cn1cncn1. The summed E-state index contributed by atoms with van der Waals surface area (Å²) in [5.41, 5.74) is 0.509. The van der Waals surface area contributed by atoms with Gasteiger partial charge < -0.3 is 9.84 Å². The molecule has 0 bridgehead atoms. The van der Waals surface area contributed by atoms with Crippen molar-refractivity contribution in [2.75, 3.05) is 19.7 Å². The molecule has 1 aromatic carbocycles. The Kier molecular flexibility index (Phi) is 5.90. The first kappa shape index (κ1) is 17.0. The molecule has 1 aromatic heterocycles. The number of aromatic nitrogens is 3. The van der Waals surface area contributed by atoms with Gasteiger partial charge in [-0.1, -0.05) is 18.2 Å². The lowest BCUT2D eigenvalue weighted by molar-refractivity contribution is 0.00594. The first-order valence-corrected chi connectivity index (χ1v) is 8.28. The van der Waals surface area contributed by atoms with Crippen LogP contribution in [-0.2, 0) is 17.9 Å². The smallest absolute Gasteiger partial charge is 0.137 e. The van der Waals surface area contributed by atoms with E-state index < -0.39 is 6.10 Å². The third-order valence-electron chi connectivity index (χ3n) is 4.33. The largest absolute Gasteiger partial charge is 0.389 e. The number of nitrogens with zero attached hydrogens (tertiary/aromatic N) is 4. The summed E-state index contributed by atoms with van der Waals surface area (Å²) >= 11 is 0. The van der Waals surface area contributed by atoms with Crippen LogP contribution in [0.2, 0.25) is 0 Å². The summed E-state index contributed by atoms with van der Waals surface area (Å²) in [5, 5.41) is 14.3. The fourth-order valence-electron chi connectivity index (χ4n) is 3.13. The van der Waals surface area contributed by atoms with Gasteiger partial charge in [-0.2, -0.15) is 5.10 Å². The number of aliphatic hydroxyl groups excluding tert-OH is 1. The van der Waals surface area contributed by atoms with Crippen molar-refractivity contribution in [1.29, 1.82) is 0 Å². The molecule has 0 radical (unpaired) electrons. The van der Waals surface area contributed by atoms with Gasteiger partial charge in [-0.3, -0.25) is 9.58 Å². The second-order valence-electron chi connectivity index (χ2n) is 6.17. The van der Waals surface area contributed by atoms with Gasteiger partial charge in [0.05, 0.1) is 25.9 Å². The van der Waals surface area contributed by atoms with Crippen LogP contribution in [0.15, 0.2) is 36.9 Å². The molecule has 0 saturated carbocycles. The van der Waals surface area contributed by atoms with E-state index in [2.05, 4.69) is 15.0 Å². The van der Waals surface area contributed by atoms with E-state index in [4.69, 9.17) is 4.74 Å². The molecule has 2 aromatic rings. The Morgan fingerprint density at radius 1 is 1.38 bits per heavy atom. The Hall–Kier alpha value is -1.83. The van der Waals surface area contributed by atoms with Crippen molar-refractivity contribution >= 4 is 0 Å². The lowest BCUT2D eigenvalue weighted by Gasteiger charge is -2.26. The normalized spacial score (nSPS) is 19.7. The molecule has 6 nitrogen and oxygen atoms in total. The zero-order valence-corrected chi connectivity index (χ0v) is 13.6. The zero-order chi connectivity index (χ0) is 16.8. The summed E-state index contributed by atoms with van der Waals surface area (Å²) in [6.45, 7) is 2.66. The number of aliphatic hydroxyl groups is 1. The van der Waals surface area contributed by atoms with Crippen molar-refractivity contribution in [3.05, 3.63) is 48.3 Å². The monoisotopic (exact) mass is 334 g/mol. The second-order valence-corrected chi connectivity index (χ2v) is 6.17. The van der Waals surface area contributed by atoms with E-state index in [1.807, 2.05) is 4.68 Å². The van der Waals surface area contributed by atoms with Gasteiger partial charge in [0.15, 0.2) is 0 Å². The molecule has 1 N–H and O–H groups in total. The minimum absolute atomic E-state index is 0.173. The Labute approximate surface area is 140 Å². The zero-order valence-electron chi connectivity index (χ0n) is 13.6. The Balaban J connectivity index is 1.42. The first-order chi connectivity index (χ1) is 11.7. The van der Waals surface area contributed by atoms with Crippen LogP contribution in [0.3, 0.4) is 0 Å². The number of halogens is 1. The van der Waals surface area contributed by atoms with Crippen LogP contribution < -0.4 is 0 Å². The average molecular weight is 334 g/mol. The Morgan fingerprint density at radius 3 is 3.04 bits per heavy atom. The molecule has 0 unspecified atom stereocenters. The maximum atomic E-state index is 13.5. The van der Waals surface area contributed by atoms with Gasteiger partial charge in [0, 0.05) is 18.2 Å². The summed E-state index contributed by atoms with van der Waals surface area (Å²) in [6, 6.07) is 6.88. The number of hydrogen-bond acceptors (Lipinski definition) is 5. The molecule has 0 spiro atoms. The summed E-state index contributed by atoms with van der Waals surface area (Å²) in [4.78, 5) is 6.22. The van der Waals surface area contributed by atoms with Gasteiger partial charge in [-0.25, -0.2) is 9.37 Å². The lowest BCUT2D eigenvalue weighted by Crippen LogP contribution is -2.40. The van der Waals surface area contributed by atoms with Crippen molar-refractivity contribution in [2.45, 2.75) is 38.1 Å². The van der Waals surface area contributed by atoms with E-state index in [-0.39, 0.29) is 19.0 Å². The molecule has 7 heteroatoms. The minimum atomic E-state index is -0.590. The van der Waals surface area contributed by atoms with Crippen LogP contribution in [0.25, 0.3) is 0 Å². The molecule has 1 aliphatic rings. The van der Waals surface area contributed by atoms with Gasteiger partial charge in [-0.05, 0) is 25.5 Å². The fraction of sp³-hybridized carbons (Fsp3) is 0.529. The van der Waals surface area contributed by atoms with Crippen molar-refractivity contribution in [3.63, 3.8) is 0 Å². The van der Waals surface area contributed by atoms with Crippen LogP contribution in [0.5, 0.6) is 0 Å². The Morgan fingerprint density at radius 2 is 2.25 bits per heavy atom. The molecule has 2 heterocycles. The highest BCUT2D eigenvalue weighted by Gasteiger charge is 2.26. The fourth-order valence-corrected chi connectivity index (χ4v) is 3.13. The predicted octanol–water partition coefficient (Wildman–Crippen LogP) is 1.46. The van der Waals surface area contributed by atoms with Gasteiger partial charge in [0.25, 0.3) is 0 Å². The van der Waals surface area contributed by atoms with E-state index in [0.717, 1.165) is 25.9 Å². The maximum absolute atomic E-state index is 13.5. The molecule has 130 valence electrons. The summed E-state index contributed by atoms with van der Waals surface area (Å²) in [5.74, 6) is -0.278. The van der Waals surface area contributed by atoms with E-state index in [1.165, 1.54) is 12.4 Å². The standard InChI is InChI=1S/C17H23FN4O2/c18-17-6-2-1-4-14(17)10-24-11-16(23)9-21-7-3-5-15(21)8-22-13-19-12-20-22/h1-2,4,6,12-13,15-16,23H,3,5,7-11H2/t15-,16+/m0/s1. The summed E-state index contributed by atoms with van der Waals surface area (Å²) in [6.07, 6.45) is 4.85. The highest BCUT2D eigenvalue weighted by atomic mass is 19.1. The number of likely N-dealkylation sites (tertiary alicyclic amines) is 1. The molecule has 2 atom stereocenters. The van der Waals surface area contributed by atoms with Gasteiger partial charge in [0.1, 0.15) is 18.5 Å². The maximum Gasteiger partial charge on any atom is 0.137 e. The van der Waals surface area contributed by atoms with Gasteiger partial charge in [0.2, 0.25) is 0 Å². The van der Waals surface area contributed by atoms with Crippen molar-refractivity contribution in [1.82, 2.24) is 19.7 Å². The van der Waals surface area contributed by atoms with E-state index in [9.17, 15) is 9.50 Å². The first-order valence-electron chi connectivity index (χ1n) is 8.28. The van der Waals surface area contributed by atoms with Gasteiger partial charge in [-0.15, -0.1) is 0 Å². The average Bonchev–Trinajstić information content (AvgIpc) is 3.22. The summed E-state index contributed by atoms with van der Waals surface area (Å²) in [7, 11) is 0. The number of rotatable bonds is 8. The lowest BCUT2D eigenvalue weighted by atomic mass is 10.2. The van der Waals surface area contributed by atoms with Crippen LogP contribution >= 0.6 is 0 Å². The van der Waals surface area contributed by atoms with Crippen LogP contribution in [-0.4, -0.2) is 56.6 Å². The number of ether oxygens (including phenoxy) is 1. The molecular weight excluding hydrogens is 311 g/mol. The third-order valence-corrected chi connectivity index (χ3v) is 4.33. The molecular formula is C17H23FN4O2. The van der Waals surface area contributed by atoms with E-state index >= 15 is 0 Å². The molecule has 1 aliphatic heterocycles. The molecule has 1 fully saturated rings. The molecule has 24 heavy (non-hydrogen) atoms. The Bertz CT molecular complexity index is 623.